The summed E-state index contributed by atoms with van der Waals surface area (Å²) in [7, 11) is 0. The summed E-state index contributed by atoms with van der Waals surface area (Å²) in [4.78, 5) is 16.7. The van der Waals surface area contributed by atoms with E-state index in [-0.39, 0.29) is 31.3 Å². The Morgan fingerprint density at radius 3 is 2.61 bits per heavy atom. The van der Waals surface area contributed by atoms with Crippen LogP contribution in [0.25, 0.3) is 0 Å². The van der Waals surface area contributed by atoms with Gasteiger partial charge in [0.05, 0.1) is 11.5 Å². The first-order valence-electron chi connectivity index (χ1n) is 7.24. The molecule has 1 atom stereocenters. The molecule has 1 aliphatic heterocycles. The number of aromatic nitrogens is 2. The molecule has 2 fully saturated rings. The van der Waals surface area contributed by atoms with Gasteiger partial charge in [-0.2, -0.15) is 18.2 Å². The third kappa shape index (κ3) is 3.77. The van der Waals surface area contributed by atoms with Gasteiger partial charge in [-0.05, 0) is 12.8 Å². The first-order valence-corrected chi connectivity index (χ1v) is 7.24. The van der Waals surface area contributed by atoms with Crippen LogP contribution in [0.1, 0.15) is 49.7 Å². The van der Waals surface area contributed by atoms with Crippen LogP contribution in [0.3, 0.4) is 0 Å². The van der Waals surface area contributed by atoms with E-state index in [1.54, 1.807) is 0 Å². The molecule has 1 unspecified atom stereocenters. The van der Waals surface area contributed by atoms with Crippen LogP contribution in [0.5, 0.6) is 0 Å². The molecule has 1 saturated heterocycles. The normalized spacial score (nSPS) is 24.1. The quantitative estimate of drug-likeness (QED) is 0.898. The third-order valence-electron chi connectivity index (χ3n) is 4.32. The van der Waals surface area contributed by atoms with E-state index in [2.05, 4.69) is 10.1 Å². The Bertz CT molecular complexity index is 572. The van der Waals surface area contributed by atoms with Crippen LogP contribution in [-0.4, -0.2) is 40.2 Å². The molecule has 1 amide bonds. The van der Waals surface area contributed by atoms with Crippen molar-refractivity contribution in [2.24, 2.45) is 5.73 Å². The molecule has 1 aromatic rings. The van der Waals surface area contributed by atoms with Gasteiger partial charge in [0.25, 0.3) is 0 Å². The maximum Gasteiger partial charge on any atom is 0.406 e. The van der Waals surface area contributed by atoms with E-state index in [4.69, 9.17) is 10.3 Å². The van der Waals surface area contributed by atoms with Crippen LogP contribution in [0.15, 0.2) is 4.52 Å². The fourth-order valence-corrected chi connectivity index (χ4v) is 3.14. The molecule has 1 saturated carbocycles. The number of rotatable bonds is 3. The highest BCUT2D eigenvalue weighted by Gasteiger charge is 2.42. The second-order valence-corrected chi connectivity index (χ2v) is 6.11. The average Bonchev–Trinajstić information content (AvgIpc) is 3.09. The first-order chi connectivity index (χ1) is 10.3. The highest BCUT2D eigenvalue weighted by atomic mass is 35.5. The maximum atomic E-state index is 12.4. The number of alkyl halides is 3. The SMILES string of the molecule is Cl.NC1(c2noc(C3CC(=O)N(CC(F)(F)F)C3)n2)CCCC1. The molecule has 0 spiro atoms. The second-order valence-electron chi connectivity index (χ2n) is 6.11. The highest BCUT2D eigenvalue weighted by molar-refractivity contribution is 5.85. The van der Waals surface area contributed by atoms with Crippen molar-refractivity contribution < 1.29 is 22.5 Å². The highest BCUT2D eigenvalue weighted by Crippen LogP contribution is 2.36. The predicted molar refractivity (Wildman–Crippen MR) is 75.9 cm³/mol. The van der Waals surface area contributed by atoms with Crippen molar-refractivity contribution in [3.63, 3.8) is 0 Å². The Kier molecular flexibility index (Phi) is 4.91. The summed E-state index contributed by atoms with van der Waals surface area (Å²) in [5.74, 6) is -0.460. The molecule has 0 radical (unpaired) electrons. The topological polar surface area (TPSA) is 85.2 Å². The van der Waals surface area contributed by atoms with Gasteiger partial charge < -0.3 is 15.2 Å². The van der Waals surface area contributed by atoms with Crippen LogP contribution in [-0.2, 0) is 10.3 Å². The standard InChI is InChI=1S/C13H17F3N4O2.ClH/c14-13(15,16)7-20-6-8(5-9(20)21)10-18-11(19-22-10)12(17)3-1-2-4-12;/h8H,1-7,17H2;1H. The van der Waals surface area contributed by atoms with Crippen molar-refractivity contribution >= 4 is 18.3 Å². The van der Waals surface area contributed by atoms with Crippen molar-refractivity contribution in [3.05, 3.63) is 11.7 Å². The number of amides is 1. The minimum atomic E-state index is -4.41. The van der Waals surface area contributed by atoms with E-state index in [1.165, 1.54) is 0 Å². The van der Waals surface area contributed by atoms with Crippen molar-refractivity contribution in [1.29, 1.82) is 0 Å². The third-order valence-corrected chi connectivity index (χ3v) is 4.32. The van der Waals surface area contributed by atoms with E-state index in [9.17, 15) is 18.0 Å². The first kappa shape index (κ1) is 18.0. The van der Waals surface area contributed by atoms with Gasteiger partial charge in [-0.25, -0.2) is 0 Å². The van der Waals surface area contributed by atoms with Crippen molar-refractivity contribution in [1.82, 2.24) is 15.0 Å². The summed E-state index contributed by atoms with van der Waals surface area (Å²) in [5, 5.41) is 3.88. The summed E-state index contributed by atoms with van der Waals surface area (Å²) < 4.78 is 42.4. The van der Waals surface area contributed by atoms with Gasteiger partial charge in [-0.1, -0.05) is 18.0 Å². The van der Waals surface area contributed by atoms with E-state index < -0.39 is 30.1 Å². The van der Waals surface area contributed by atoms with Gasteiger partial charge in [0.1, 0.15) is 6.54 Å². The smallest absolute Gasteiger partial charge is 0.339 e. The van der Waals surface area contributed by atoms with Crippen LogP contribution in [0.4, 0.5) is 13.2 Å². The molecule has 130 valence electrons. The maximum absolute atomic E-state index is 12.4. The predicted octanol–water partition coefficient (Wildman–Crippen LogP) is 2.10. The van der Waals surface area contributed by atoms with Crippen molar-refractivity contribution in [3.8, 4) is 0 Å². The molecule has 2 aliphatic rings. The van der Waals surface area contributed by atoms with Gasteiger partial charge in [-0.3, -0.25) is 4.79 Å². The minimum absolute atomic E-state index is 0. The second kappa shape index (κ2) is 6.27. The van der Waals surface area contributed by atoms with E-state index in [0.29, 0.717) is 5.82 Å². The van der Waals surface area contributed by atoms with Gasteiger partial charge in [0, 0.05) is 13.0 Å². The Morgan fingerprint density at radius 2 is 2.00 bits per heavy atom. The number of halogens is 4. The molecule has 0 bridgehead atoms. The Morgan fingerprint density at radius 1 is 1.35 bits per heavy atom. The number of hydrogen-bond acceptors (Lipinski definition) is 5. The summed E-state index contributed by atoms with van der Waals surface area (Å²) in [6.45, 7) is -1.30. The van der Waals surface area contributed by atoms with Crippen LogP contribution >= 0.6 is 12.4 Å². The zero-order chi connectivity index (χ0) is 16.0. The number of carbonyl (C=O) groups is 1. The summed E-state index contributed by atoms with van der Waals surface area (Å²) in [5.41, 5.74) is 5.60. The molecule has 23 heavy (non-hydrogen) atoms. The van der Waals surface area contributed by atoms with E-state index >= 15 is 0 Å². The zero-order valence-corrected chi connectivity index (χ0v) is 13.1. The van der Waals surface area contributed by atoms with Crippen molar-refractivity contribution in [2.45, 2.75) is 49.7 Å². The molecule has 1 aliphatic carbocycles. The average molecular weight is 355 g/mol. The molecule has 1 aromatic heterocycles. The van der Waals surface area contributed by atoms with Crippen LogP contribution in [0, 0.1) is 0 Å². The van der Waals surface area contributed by atoms with E-state index in [0.717, 1.165) is 30.6 Å². The molecule has 2 heterocycles. The molecular formula is C13H18ClF3N4O2. The Balaban J connectivity index is 0.00000192. The largest absolute Gasteiger partial charge is 0.406 e. The van der Waals surface area contributed by atoms with Crippen molar-refractivity contribution in [2.75, 3.05) is 13.1 Å². The van der Waals surface area contributed by atoms with Crippen LogP contribution in [0.2, 0.25) is 0 Å². The van der Waals surface area contributed by atoms with Gasteiger partial charge in [0.2, 0.25) is 11.8 Å². The minimum Gasteiger partial charge on any atom is -0.339 e. The summed E-state index contributed by atoms with van der Waals surface area (Å²) >= 11 is 0. The van der Waals surface area contributed by atoms with Crippen LogP contribution < -0.4 is 5.73 Å². The fraction of sp³-hybridized carbons (Fsp3) is 0.769. The summed E-state index contributed by atoms with van der Waals surface area (Å²) in [6.07, 6.45) is -0.958. The Hall–Kier alpha value is -1.35. The van der Waals surface area contributed by atoms with Gasteiger partial charge in [-0.15, -0.1) is 12.4 Å². The fourth-order valence-electron chi connectivity index (χ4n) is 3.14. The monoisotopic (exact) mass is 354 g/mol. The molecule has 2 N–H and O–H groups in total. The van der Waals surface area contributed by atoms with Gasteiger partial charge in [0.15, 0.2) is 5.82 Å². The lowest BCUT2D eigenvalue weighted by Crippen LogP contribution is -2.35. The molecule has 3 rings (SSSR count). The lowest BCUT2D eigenvalue weighted by atomic mass is 9.98. The summed E-state index contributed by atoms with van der Waals surface area (Å²) in [6, 6.07) is 0. The van der Waals surface area contributed by atoms with E-state index in [1.807, 2.05) is 0 Å². The molecular weight excluding hydrogens is 337 g/mol. The number of carbonyl (C=O) groups excluding carboxylic acids is 1. The lowest BCUT2D eigenvalue weighted by molar-refractivity contribution is -0.157. The number of likely N-dealkylation sites (tertiary alicyclic amines) is 1. The lowest BCUT2D eigenvalue weighted by Gasteiger charge is -2.18. The Labute approximate surface area is 137 Å². The number of nitrogens with two attached hydrogens (primary N) is 1. The zero-order valence-electron chi connectivity index (χ0n) is 12.3. The molecule has 0 aromatic carbocycles. The molecule has 10 heteroatoms. The van der Waals surface area contributed by atoms with Gasteiger partial charge >= 0.3 is 6.18 Å². The molecule has 6 nitrogen and oxygen atoms in total. The number of nitrogens with zero attached hydrogens (tertiary/aromatic N) is 3. The number of hydrogen-bond donors (Lipinski definition) is 1.